The van der Waals surface area contributed by atoms with E-state index in [1.807, 2.05) is 30.3 Å². The Labute approximate surface area is 112 Å². The molecule has 0 saturated carbocycles. The van der Waals surface area contributed by atoms with Crippen LogP contribution in [0.4, 0.5) is 11.4 Å². The number of likely N-dealkylation sites (N-methyl/N-ethyl adjacent to an activating group) is 1. The molecule has 2 heterocycles. The van der Waals surface area contributed by atoms with E-state index in [-0.39, 0.29) is 11.9 Å². The van der Waals surface area contributed by atoms with E-state index in [1.54, 1.807) is 24.3 Å². The predicted molar refractivity (Wildman–Crippen MR) is 75.2 cm³/mol. The molecule has 3 rings (SSSR count). The highest BCUT2D eigenvalue weighted by Gasteiger charge is 2.29. The molecule has 1 aromatic heterocycles. The lowest BCUT2D eigenvalue weighted by Gasteiger charge is -2.21. The van der Waals surface area contributed by atoms with Crippen molar-refractivity contribution in [2.45, 2.75) is 12.5 Å². The smallest absolute Gasteiger partial charge is 0.249 e. The van der Waals surface area contributed by atoms with E-state index < -0.39 is 0 Å². The molecule has 0 saturated heterocycles. The van der Waals surface area contributed by atoms with Crippen LogP contribution in [0.1, 0.15) is 5.56 Å². The highest BCUT2D eigenvalue weighted by Crippen LogP contribution is 2.26. The quantitative estimate of drug-likeness (QED) is 0.891. The van der Waals surface area contributed by atoms with Crippen molar-refractivity contribution in [1.29, 1.82) is 0 Å². The topological polar surface area (TPSA) is 45.2 Å². The lowest BCUT2D eigenvalue weighted by Crippen LogP contribution is -2.39. The van der Waals surface area contributed by atoms with Crippen LogP contribution < -0.4 is 10.2 Å². The molecule has 4 nitrogen and oxygen atoms in total. The van der Waals surface area contributed by atoms with Crippen molar-refractivity contribution in [2.24, 2.45) is 0 Å². The van der Waals surface area contributed by atoms with Gasteiger partial charge in [-0.1, -0.05) is 18.2 Å². The number of carbonyl (C=O) groups excluding carboxylic acids is 1. The maximum atomic E-state index is 12.4. The van der Waals surface area contributed by atoms with Crippen molar-refractivity contribution >= 4 is 17.3 Å². The zero-order chi connectivity index (χ0) is 13.2. The molecule has 1 aliphatic heterocycles. The molecule has 0 fully saturated rings. The summed E-state index contributed by atoms with van der Waals surface area (Å²) in [5, 5.41) is 3.27. The van der Waals surface area contributed by atoms with Crippen LogP contribution in [-0.4, -0.2) is 24.0 Å². The summed E-state index contributed by atoms with van der Waals surface area (Å²) in [5.74, 6) is 0.0594. The van der Waals surface area contributed by atoms with Crippen LogP contribution in [-0.2, 0) is 11.2 Å². The summed E-state index contributed by atoms with van der Waals surface area (Å²) in [6.07, 6.45) is 4.13. The minimum atomic E-state index is -0.192. The fourth-order valence-electron chi connectivity index (χ4n) is 2.36. The van der Waals surface area contributed by atoms with E-state index in [9.17, 15) is 4.79 Å². The molecule has 0 aliphatic carbocycles. The number of benzene rings is 1. The summed E-state index contributed by atoms with van der Waals surface area (Å²) in [4.78, 5) is 18.1. The van der Waals surface area contributed by atoms with Gasteiger partial charge in [-0.3, -0.25) is 9.78 Å². The molecule has 1 N–H and O–H groups in total. The lowest BCUT2D eigenvalue weighted by molar-refractivity contribution is -0.118. The molecule has 1 aliphatic rings. The van der Waals surface area contributed by atoms with Crippen molar-refractivity contribution in [3.63, 3.8) is 0 Å². The Kier molecular flexibility index (Phi) is 2.91. The standard InChI is InChI=1S/C15H15N3O/c1-18(12-6-4-8-16-10-12)15(19)14-9-11-5-2-3-7-13(11)17-14/h2-8,10,14,17H,9H2,1H3. The van der Waals surface area contributed by atoms with E-state index in [1.165, 1.54) is 5.56 Å². The second-order valence-corrected chi connectivity index (χ2v) is 4.67. The number of nitrogens with one attached hydrogen (secondary N) is 1. The van der Waals surface area contributed by atoms with Gasteiger partial charge in [-0.25, -0.2) is 0 Å². The maximum absolute atomic E-state index is 12.4. The molecule has 0 radical (unpaired) electrons. The van der Waals surface area contributed by atoms with Crippen molar-refractivity contribution in [3.05, 3.63) is 54.4 Å². The molecule has 1 unspecified atom stereocenters. The van der Waals surface area contributed by atoms with E-state index >= 15 is 0 Å². The number of rotatable bonds is 2. The van der Waals surface area contributed by atoms with E-state index in [4.69, 9.17) is 0 Å². The second kappa shape index (κ2) is 4.72. The number of amides is 1. The first-order chi connectivity index (χ1) is 9.25. The van der Waals surface area contributed by atoms with Crippen LogP contribution in [0, 0.1) is 0 Å². The largest absolute Gasteiger partial charge is 0.373 e. The number of anilines is 2. The van der Waals surface area contributed by atoms with Gasteiger partial charge in [0.2, 0.25) is 5.91 Å². The average molecular weight is 253 g/mol. The summed E-state index contributed by atoms with van der Waals surface area (Å²) in [7, 11) is 1.78. The van der Waals surface area contributed by atoms with Crippen LogP contribution in [0.15, 0.2) is 48.8 Å². The molecule has 4 heteroatoms. The van der Waals surface area contributed by atoms with Gasteiger partial charge >= 0.3 is 0 Å². The van der Waals surface area contributed by atoms with Gasteiger partial charge in [0.1, 0.15) is 6.04 Å². The molecule has 1 aromatic carbocycles. The zero-order valence-electron chi connectivity index (χ0n) is 10.7. The van der Waals surface area contributed by atoms with Crippen molar-refractivity contribution < 1.29 is 4.79 Å². The van der Waals surface area contributed by atoms with Crippen LogP contribution in [0.2, 0.25) is 0 Å². The first-order valence-electron chi connectivity index (χ1n) is 6.28. The van der Waals surface area contributed by atoms with Gasteiger partial charge in [-0.15, -0.1) is 0 Å². The molecule has 2 aromatic rings. The number of hydrogen-bond donors (Lipinski definition) is 1. The van der Waals surface area contributed by atoms with Gasteiger partial charge in [0.05, 0.1) is 11.9 Å². The fourth-order valence-corrected chi connectivity index (χ4v) is 2.36. The van der Waals surface area contributed by atoms with Crippen LogP contribution in [0.5, 0.6) is 0 Å². The Bertz CT molecular complexity index is 572. The van der Waals surface area contributed by atoms with Gasteiger partial charge < -0.3 is 10.2 Å². The first kappa shape index (κ1) is 11.7. The van der Waals surface area contributed by atoms with Crippen molar-refractivity contribution in [1.82, 2.24) is 4.98 Å². The summed E-state index contributed by atoms with van der Waals surface area (Å²) in [6.45, 7) is 0. The maximum Gasteiger partial charge on any atom is 0.249 e. The fraction of sp³-hybridized carbons (Fsp3) is 0.200. The molecule has 1 atom stereocenters. The third-order valence-electron chi connectivity index (χ3n) is 3.43. The van der Waals surface area contributed by atoms with Crippen LogP contribution in [0.25, 0.3) is 0 Å². The van der Waals surface area contributed by atoms with Gasteiger partial charge in [0.15, 0.2) is 0 Å². The van der Waals surface area contributed by atoms with E-state index in [2.05, 4.69) is 16.4 Å². The molecule has 96 valence electrons. The number of pyridine rings is 1. The highest BCUT2D eigenvalue weighted by atomic mass is 16.2. The van der Waals surface area contributed by atoms with Gasteiger partial charge in [0, 0.05) is 25.4 Å². The van der Waals surface area contributed by atoms with Crippen molar-refractivity contribution in [2.75, 3.05) is 17.3 Å². The molecule has 1 amide bonds. The Morgan fingerprint density at radius 3 is 2.89 bits per heavy atom. The number of para-hydroxylation sites is 1. The normalized spacial score (nSPS) is 16.6. The molecule has 0 spiro atoms. The molecule has 0 bridgehead atoms. The third kappa shape index (κ3) is 2.17. The SMILES string of the molecule is CN(C(=O)C1Cc2ccccc2N1)c1cccnc1. The summed E-state index contributed by atoms with van der Waals surface area (Å²) < 4.78 is 0. The van der Waals surface area contributed by atoms with Gasteiger partial charge in [-0.05, 0) is 23.8 Å². The Balaban J connectivity index is 1.77. The van der Waals surface area contributed by atoms with Gasteiger partial charge in [0.25, 0.3) is 0 Å². The summed E-state index contributed by atoms with van der Waals surface area (Å²) in [6, 6.07) is 11.6. The number of hydrogen-bond acceptors (Lipinski definition) is 3. The van der Waals surface area contributed by atoms with Crippen molar-refractivity contribution in [3.8, 4) is 0 Å². The average Bonchev–Trinajstić information content (AvgIpc) is 2.90. The monoisotopic (exact) mass is 253 g/mol. The number of carbonyl (C=O) groups is 1. The number of fused-ring (bicyclic) bond motifs is 1. The van der Waals surface area contributed by atoms with Crippen LogP contribution >= 0.6 is 0 Å². The minimum Gasteiger partial charge on any atom is -0.373 e. The Morgan fingerprint density at radius 1 is 1.32 bits per heavy atom. The van der Waals surface area contributed by atoms with E-state index in [0.717, 1.165) is 17.8 Å². The second-order valence-electron chi connectivity index (χ2n) is 4.67. The minimum absolute atomic E-state index is 0.0594. The lowest BCUT2D eigenvalue weighted by atomic mass is 10.1. The molecular formula is C15H15N3O. The highest BCUT2D eigenvalue weighted by molar-refractivity contribution is 5.99. The Hall–Kier alpha value is -2.36. The number of aromatic nitrogens is 1. The zero-order valence-corrected chi connectivity index (χ0v) is 10.7. The van der Waals surface area contributed by atoms with E-state index in [0.29, 0.717) is 0 Å². The summed E-state index contributed by atoms with van der Waals surface area (Å²) in [5.41, 5.74) is 3.06. The Morgan fingerprint density at radius 2 is 2.16 bits per heavy atom. The van der Waals surface area contributed by atoms with Crippen LogP contribution in [0.3, 0.4) is 0 Å². The van der Waals surface area contributed by atoms with Gasteiger partial charge in [-0.2, -0.15) is 0 Å². The molecule has 19 heavy (non-hydrogen) atoms. The predicted octanol–water partition coefficient (Wildman–Crippen LogP) is 2.08. The summed E-state index contributed by atoms with van der Waals surface area (Å²) >= 11 is 0. The third-order valence-corrected chi connectivity index (χ3v) is 3.43. The molecular weight excluding hydrogens is 238 g/mol. The first-order valence-corrected chi connectivity index (χ1v) is 6.28. The number of nitrogens with zero attached hydrogens (tertiary/aromatic N) is 2.